The fourth-order valence-corrected chi connectivity index (χ4v) is 2.07. The lowest BCUT2D eigenvalue weighted by Gasteiger charge is -2.29. The van der Waals surface area contributed by atoms with Crippen LogP contribution in [0.5, 0.6) is 5.75 Å². The van der Waals surface area contributed by atoms with Crippen LogP contribution in [-0.2, 0) is 0 Å². The van der Waals surface area contributed by atoms with E-state index in [0.29, 0.717) is 24.6 Å². The van der Waals surface area contributed by atoms with Crippen LogP contribution >= 0.6 is 0 Å². The third kappa shape index (κ3) is 2.40. The number of carboxylic acids is 1. The Morgan fingerprint density at radius 2 is 1.86 bits per heavy atom. The molecule has 1 aliphatic heterocycles. The van der Waals surface area contributed by atoms with Gasteiger partial charge in [-0.25, -0.2) is 14.8 Å². The fourth-order valence-electron chi connectivity index (χ4n) is 2.07. The first-order chi connectivity index (χ1) is 10.2. The second-order valence-electron chi connectivity index (χ2n) is 4.37. The summed E-state index contributed by atoms with van der Waals surface area (Å²) in [4.78, 5) is 32.3. The van der Waals surface area contributed by atoms with Gasteiger partial charge < -0.3 is 14.7 Å². The monoisotopic (exact) mass is 285 g/mol. The number of anilines is 1. The number of ether oxygens (including phenoxy) is 1. The molecule has 0 unspecified atom stereocenters. The summed E-state index contributed by atoms with van der Waals surface area (Å²) in [5, 5.41) is 8.78. The first kappa shape index (κ1) is 13.0. The van der Waals surface area contributed by atoms with E-state index in [2.05, 4.69) is 9.97 Å². The first-order valence-electron chi connectivity index (χ1n) is 6.26. The van der Waals surface area contributed by atoms with E-state index in [4.69, 9.17) is 9.84 Å². The van der Waals surface area contributed by atoms with Gasteiger partial charge in [0.1, 0.15) is 18.1 Å². The molecule has 0 saturated heterocycles. The highest BCUT2D eigenvalue weighted by atomic mass is 16.5. The molecule has 1 N–H and O–H groups in total. The van der Waals surface area contributed by atoms with Crippen LogP contribution in [-0.4, -0.2) is 40.1 Å². The number of rotatable bonds is 2. The van der Waals surface area contributed by atoms with Crippen LogP contribution in [0, 0.1) is 0 Å². The van der Waals surface area contributed by atoms with E-state index in [9.17, 15) is 9.59 Å². The molecule has 0 fully saturated rings. The van der Waals surface area contributed by atoms with Crippen molar-refractivity contribution >= 4 is 17.6 Å². The molecule has 0 spiro atoms. The summed E-state index contributed by atoms with van der Waals surface area (Å²) in [6, 6.07) is 7.21. The van der Waals surface area contributed by atoms with Crippen LogP contribution in [0.4, 0.5) is 5.69 Å². The Labute approximate surface area is 119 Å². The zero-order valence-electron chi connectivity index (χ0n) is 10.9. The van der Waals surface area contributed by atoms with Gasteiger partial charge in [-0.1, -0.05) is 12.1 Å². The molecule has 3 rings (SSSR count). The number of carbonyl (C=O) groups is 2. The van der Waals surface area contributed by atoms with Crippen molar-refractivity contribution in [3.05, 3.63) is 48.0 Å². The molecule has 0 saturated carbocycles. The standard InChI is InChI=1S/C14H11N3O4/c18-13(9-7-16-10(8-15-9)14(19)20)17-5-6-21-12-4-2-1-3-11(12)17/h1-4,7-8H,5-6H2,(H,19,20). The van der Waals surface area contributed by atoms with E-state index in [0.717, 1.165) is 6.20 Å². The minimum absolute atomic E-state index is 0.0942. The summed E-state index contributed by atoms with van der Waals surface area (Å²) in [5.74, 6) is -0.888. The SMILES string of the molecule is O=C(O)c1cnc(C(=O)N2CCOc3ccccc32)cn1. The molecule has 7 heteroatoms. The number of para-hydroxylation sites is 2. The average molecular weight is 285 g/mol. The van der Waals surface area contributed by atoms with Gasteiger partial charge in [0.15, 0.2) is 5.69 Å². The van der Waals surface area contributed by atoms with Gasteiger partial charge in [-0.05, 0) is 12.1 Å². The van der Waals surface area contributed by atoms with Crippen molar-refractivity contribution in [3.63, 3.8) is 0 Å². The summed E-state index contributed by atoms with van der Waals surface area (Å²) < 4.78 is 5.48. The maximum atomic E-state index is 12.5. The molecule has 0 radical (unpaired) electrons. The lowest BCUT2D eigenvalue weighted by molar-refractivity contribution is 0.0689. The average Bonchev–Trinajstić information content (AvgIpc) is 2.53. The third-order valence-electron chi connectivity index (χ3n) is 3.06. The normalized spacial score (nSPS) is 13.2. The Hall–Kier alpha value is -2.96. The molecule has 1 aromatic heterocycles. The van der Waals surface area contributed by atoms with E-state index in [1.165, 1.54) is 6.20 Å². The molecule has 21 heavy (non-hydrogen) atoms. The maximum absolute atomic E-state index is 12.5. The number of carbonyl (C=O) groups excluding carboxylic acids is 1. The van der Waals surface area contributed by atoms with E-state index in [-0.39, 0.29) is 17.3 Å². The predicted octanol–water partition coefficient (Wildman–Crippen LogP) is 1.21. The minimum atomic E-state index is -1.18. The number of fused-ring (bicyclic) bond motifs is 1. The lowest BCUT2D eigenvalue weighted by Crippen LogP contribution is -2.38. The molecule has 0 bridgehead atoms. The van der Waals surface area contributed by atoms with Gasteiger partial charge in [-0.3, -0.25) is 4.79 Å². The van der Waals surface area contributed by atoms with Crippen LogP contribution < -0.4 is 9.64 Å². The number of benzene rings is 1. The van der Waals surface area contributed by atoms with Crippen LogP contribution in [0.2, 0.25) is 0 Å². The maximum Gasteiger partial charge on any atom is 0.356 e. The van der Waals surface area contributed by atoms with E-state index < -0.39 is 5.97 Å². The number of nitrogens with zero attached hydrogens (tertiary/aromatic N) is 3. The van der Waals surface area contributed by atoms with Crippen LogP contribution in [0.25, 0.3) is 0 Å². The van der Waals surface area contributed by atoms with Crippen molar-refractivity contribution in [3.8, 4) is 5.75 Å². The molecular weight excluding hydrogens is 274 g/mol. The van der Waals surface area contributed by atoms with Gasteiger partial charge in [0.05, 0.1) is 24.6 Å². The van der Waals surface area contributed by atoms with Crippen molar-refractivity contribution in [1.29, 1.82) is 0 Å². The van der Waals surface area contributed by atoms with Gasteiger partial charge in [-0.15, -0.1) is 0 Å². The van der Waals surface area contributed by atoms with Gasteiger partial charge in [0, 0.05) is 0 Å². The van der Waals surface area contributed by atoms with Crippen LogP contribution in [0.3, 0.4) is 0 Å². The zero-order valence-corrected chi connectivity index (χ0v) is 10.9. The fraction of sp³-hybridized carbons (Fsp3) is 0.143. The van der Waals surface area contributed by atoms with Crippen molar-refractivity contribution < 1.29 is 19.4 Å². The van der Waals surface area contributed by atoms with Crippen molar-refractivity contribution in [2.24, 2.45) is 0 Å². The van der Waals surface area contributed by atoms with Crippen molar-refractivity contribution in [2.45, 2.75) is 0 Å². The summed E-state index contributed by atoms with van der Waals surface area (Å²) in [6.07, 6.45) is 2.24. The number of hydrogen-bond acceptors (Lipinski definition) is 5. The minimum Gasteiger partial charge on any atom is -0.490 e. The quantitative estimate of drug-likeness (QED) is 0.891. The smallest absolute Gasteiger partial charge is 0.356 e. The Bertz CT molecular complexity index is 700. The van der Waals surface area contributed by atoms with Gasteiger partial charge >= 0.3 is 5.97 Å². The summed E-state index contributed by atoms with van der Waals surface area (Å²) in [5.41, 5.74) is 0.559. The molecule has 1 aliphatic rings. The van der Waals surface area contributed by atoms with Crippen LogP contribution in [0.15, 0.2) is 36.7 Å². The number of aromatic carboxylic acids is 1. The number of carboxylic acid groups (broad SMARTS) is 1. The second kappa shape index (κ2) is 5.20. The van der Waals surface area contributed by atoms with Crippen molar-refractivity contribution in [2.75, 3.05) is 18.1 Å². The topological polar surface area (TPSA) is 92.6 Å². The molecular formula is C14H11N3O4. The van der Waals surface area contributed by atoms with E-state index in [1.807, 2.05) is 12.1 Å². The molecule has 106 valence electrons. The largest absolute Gasteiger partial charge is 0.490 e. The summed E-state index contributed by atoms with van der Waals surface area (Å²) in [7, 11) is 0. The van der Waals surface area contributed by atoms with Gasteiger partial charge in [0.2, 0.25) is 0 Å². The summed E-state index contributed by atoms with van der Waals surface area (Å²) >= 11 is 0. The van der Waals surface area contributed by atoms with Crippen molar-refractivity contribution in [1.82, 2.24) is 9.97 Å². The van der Waals surface area contributed by atoms with Crippen LogP contribution in [0.1, 0.15) is 21.0 Å². The first-order valence-corrected chi connectivity index (χ1v) is 6.26. The molecule has 2 aromatic rings. The third-order valence-corrected chi connectivity index (χ3v) is 3.06. The molecule has 1 amide bonds. The number of hydrogen-bond donors (Lipinski definition) is 1. The lowest BCUT2D eigenvalue weighted by atomic mass is 10.2. The molecule has 7 nitrogen and oxygen atoms in total. The van der Waals surface area contributed by atoms with Gasteiger partial charge in [-0.2, -0.15) is 0 Å². The second-order valence-corrected chi connectivity index (χ2v) is 4.37. The molecule has 1 aromatic carbocycles. The zero-order chi connectivity index (χ0) is 14.8. The predicted molar refractivity (Wildman–Crippen MR) is 72.6 cm³/mol. The van der Waals surface area contributed by atoms with E-state index in [1.54, 1.807) is 17.0 Å². The Morgan fingerprint density at radius 3 is 2.57 bits per heavy atom. The van der Waals surface area contributed by atoms with E-state index >= 15 is 0 Å². The van der Waals surface area contributed by atoms with Gasteiger partial charge in [0.25, 0.3) is 5.91 Å². The highest BCUT2D eigenvalue weighted by Gasteiger charge is 2.25. The Balaban J connectivity index is 1.91. The molecule has 2 heterocycles. The molecule has 0 atom stereocenters. The Morgan fingerprint density at radius 1 is 1.14 bits per heavy atom. The number of amides is 1. The highest BCUT2D eigenvalue weighted by molar-refractivity contribution is 6.05. The number of aromatic nitrogens is 2. The summed E-state index contributed by atoms with van der Waals surface area (Å²) in [6.45, 7) is 0.793. The Kier molecular flexibility index (Phi) is 3.23. The molecule has 0 aliphatic carbocycles. The highest BCUT2D eigenvalue weighted by Crippen LogP contribution is 2.31.